The highest BCUT2D eigenvalue weighted by Gasteiger charge is 2.26. The molecule has 0 spiro atoms. The Hall–Kier alpha value is -4.09. The highest BCUT2D eigenvalue weighted by molar-refractivity contribution is 5.85. The molecule has 0 radical (unpaired) electrons. The standard InChI is InChI=1S/C26H27FN10.ClH/c1-26(28,20-3-5-22(27)6-4-20)21-13-29-25(30-14-21)36-9-7-35(8-10-36)24-23-11-18(16-37(23)33-17-31-24)19-12-32-34(2)15-19;/h3-6,11-17H,7-10,28H2,1-2H3;1H. The number of halogens is 2. The average molecular weight is 535 g/mol. The van der Waals surface area contributed by atoms with Gasteiger partial charge in [0.2, 0.25) is 5.95 Å². The van der Waals surface area contributed by atoms with Crippen LogP contribution in [0.2, 0.25) is 0 Å². The Kier molecular flexibility index (Phi) is 6.72. The predicted octanol–water partition coefficient (Wildman–Crippen LogP) is 3.03. The van der Waals surface area contributed by atoms with Crippen molar-refractivity contribution in [2.75, 3.05) is 36.0 Å². The minimum absolute atomic E-state index is 0. The van der Waals surface area contributed by atoms with Gasteiger partial charge in [0.25, 0.3) is 0 Å². The number of hydrogen-bond acceptors (Lipinski definition) is 8. The molecule has 1 saturated heterocycles. The van der Waals surface area contributed by atoms with Gasteiger partial charge in [-0.25, -0.2) is 23.9 Å². The van der Waals surface area contributed by atoms with Gasteiger partial charge in [-0.15, -0.1) is 12.4 Å². The molecule has 1 unspecified atom stereocenters. The second-order valence-corrected chi connectivity index (χ2v) is 9.50. The van der Waals surface area contributed by atoms with Crippen LogP contribution in [0.15, 0.2) is 67.6 Å². The van der Waals surface area contributed by atoms with Gasteiger partial charge in [-0.05, 0) is 30.7 Å². The lowest BCUT2D eigenvalue weighted by Crippen LogP contribution is -2.47. The summed E-state index contributed by atoms with van der Waals surface area (Å²) in [6.07, 6.45) is 10.9. The van der Waals surface area contributed by atoms with Crippen LogP contribution >= 0.6 is 12.4 Å². The van der Waals surface area contributed by atoms with E-state index < -0.39 is 5.54 Å². The second-order valence-electron chi connectivity index (χ2n) is 9.50. The van der Waals surface area contributed by atoms with E-state index in [1.165, 1.54) is 12.1 Å². The van der Waals surface area contributed by atoms with Crippen molar-refractivity contribution >= 4 is 29.7 Å². The van der Waals surface area contributed by atoms with Gasteiger partial charge in [-0.3, -0.25) is 4.68 Å². The Balaban J connectivity index is 0.00000294. The Bertz CT molecular complexity index is 1540. The fourth-order valence-electron chi connectivity index (χ4n) is 4.72. The molecule has 0 aliphatic carbocycles. The molecular weight excluding hydrogens is 507 g/mol. The summed E-state index contributed by atoms with van der Waals surface area (Å²) in [4.78, 5) is 18.2. The summed E-state index contributed by atoms with van der Waals surface area (Å²) >= 11 is 0. The van der Waals surface area contributed by atoms with Crippen LogP contribution < -0.4 is 15.5 Å². The fraction of sp³-hybridized carbons (Fsp3) is 0.269. The number of nitrogens with two attached hydrogens (primary N) is 1. The topological polar surface area (TPSA) is 106 Å². The molecule has 196 valence electrons. The van der Waals surface area contributed by atoms with Crippen molar-refractivity contribution in [3.63, 3.8) is 0 Å². The van der Waals surface area contributed by atoms with Crippen molar-refractivity contribution in [1.82, 2.24) is 34.3 Å². The molecule has 5 heterocycles. The van der Waals surface area contributed by atoms with Crippen LogP contribution in [-0.2, 0) is 12.6 Å². The number of aryl methyl sites for hydroxylation is 1. The summed E-state index contributed by atoms with van der Waals surface area (Å²) in [5, 5.41) is 8.67. The number of piperazine rings is 1. The van der Waals surface area contributed by atoms with Gasteiger partial charge in [0.05, 0.1) is 11.7 Å². The van der Waals surface area contributed by atoms with E-state index in [0.29, 0.717) is 5.95 Å². The van der Waals surface area contributed by atoms with E-state index in [1.807, 2.05) is 37.1 Å². The fourth-order valence-corrected chi connectivity index (χ4v) is 4.72. The summed E-state index contributed by atoms with van der Waals surface area (Å²) in [6.45, 7) is 4.93. The quantitative estimate of drug-likeness (QED) is 0.367. The van der Waals surface area contributed by atoms with E-state index in [-0.39, 0.29) is 18.2 Å². The van der Waals surface area contributed by atoms with E-state index in [2.05, 4.69) is 41.0 Å². The maximum Gasteiger partial charge on any atom is 0.225 e. The van der Waals surface area contributed by atoms with Gasteiger partial charge < -0.3 is 15.5 Å². The molecule has 2 N–H and O–H groups in total. The molecule has 10 nitrogen and oxygen atoms in total. The Morgan fingerprint density at radius 1 is 0.842 bits per heavy atom. The van der Waals surface area contributed by atoms with Gasteiger partial charge in [0.1, 0.15) is 17.7 Å². The zero-order valence-electron chi connectivity index (χ0n) is 21.1. The lowest BCUT2D eigenvalue weighted by atomic mass is 9.87. The smallest absolute Gasteiger partial charge is 0.225 e. The van der Waals surface area contributed by atoms with Crippen LogP contribution in [-0.4, -0.2) is 60.5 Å². The van der Waals surface area contributed by atoms with Gasteiger partial charge in [0.15, 0.2) is 5.82 Å². The molecule has 38 heavy (non-hydrogen) atoms. The lowest BCUT2D eigenvalue weighted by Gasteiger charge is -2.35. The van der Waals surface area contributed by atoms with Crippen molar-refractivity contribution < 1.29 is 4.39 Å². The average Bonchev–Trinajstić information content (AvgIpc) is 3.55. The van der Waals surface area contributed by atoms with E-state index >= 15 is 0 Å². The van der Waals surface area contributed by atoms with Crippen LogP contribution in [0.1, 0.15) is 18.1 Å². The second kappa shape index (κ2) is 9.99. The summed E-state index contributed by atoms with van der Waals surface area (Å²) in [6, 6.07) is 8.31. The molecule has 0 amide bonds. The van der Waals surface area contributed by atoms with Gasteiger partial charge in [-0.1, -0.05) is 12.1 Å². The van der Waals surface area contributed by atoms with Crippen molar-refractivity contribution in [3.05, 3.63) is 84.6 Å². The SMILES string of the molecule is Cl.Cn1cc(-c2cc3c(N4CCN(c5ncc(C(C)(N)c6ccc(F)cc6)cn5)CC4)ncnn3c2)cn1. The van der Waals surface area contributed by atoms with Crippen LogP contribution in [0.25, 0.3) is 16.6 Å². The summed E-state index contributed by atoms with van der Waals surface area (Å²) in [5.41, 5.74) is 10.4. The number of benzene rings is 1. The van der Waals surface area contributed by atoms with E-state index in [9.17, 15) is 4.39 Å². The number of rotatable bonds is 5. The first kappa shape index (κ1) is 25.6. The first-order valence-corrected chi connectivity index (χ1v) is 12.1. The van der Waals surface area contributed by atoms with Gasteiger partial charge in [-0.2, -0.15) is 10.2 Å². The lowest BCUT2D eigenvalue weighted by molar-refractivity contribution is 0.585. The molecule has 5 aromatic rings. The van der Waals surface area contributed by atoms with Gasteiger partial charge in [0, 0.05) is 74.7 Å². The Morgan fingerprint density at radius 3 is 2.18 bits per heavy atom. The first-order valence-electron chi connectivity index (χ1n) is 12.1. The van der Waals surface area contributed by atoms with Crippen molar-refractivity contribution in [1.29, 1.82) is 0 Å². The minimum atomic E-state index is -0.824. The summed E-state index contributed by atoms with van der Waals surface area (Å²) < 4.78 is 17.0. The molecule has 1 aliphatic heterocycles. The van der Waals surface area contributed by atoms with E-state index in [1.54, 1.807) is 35.5 Å². The molecule has 1 aromatic carbocycles. The first-order chi connectivity index (χ1) is 17.9. The van der Waals surface area contributed by atoms with Crippen LogP contribution in [0, 0.1) is 5.82 Å². The number of hydrogen-bond donors (Lipinski definition) is 1. The largest absolute Gasteiger partial charge is 0.351 e. The van der Waals surface area contributed by atoms with Crippen LogP contribution in [0.3, 0.4) is 0 Å². The molecule has 1 aliphatic rings. The summed E-state index contributed by atoms with van der Waals surface area (Å²) in [5.74, 6) is 1.27. The summed E-state index contributed by atoms with van der Waals surface area (Å²) in [7, 11) is 1.90. The number of anilines is 2. The Labute approximate surface area is 225 Å². The van der Waals surface area contributed by atoms with Gasteiger partial charge >= 0.3 is 0 Å². The Morgan fingerprint density at radius 2 is 1.53 bits per heavy atom. The third-order valence-corrected chi connectivity index (χ3v) is 6.97. The number of aromatic nitrogens is 7. The van der Waals surface area contributed by atoms with E-state index in [0.717, 1.165) is 59.8 Å². The normalized spacial score (nSPS) is 15.4. The molecule has 4 aromatic heterocycles. The zero-order chi connectivity index (χ0) is 25.6. The third kappa shape index (κ3) is 4.66. The highest BCUT2D eigenvalue weighted by atomic mass is 35.5. The number of nitrogens with zero attached hydrogens (tertiary/aromatic N) is 9. The monoisotopic (exact) mass is 534 g/mol. The molecular formula is C26H28ClFN10. The molecule has 0 saturated carbocycles. The molecule has 6 rings (SSSR count). The molecule has 12 heteroatoms. The van der Waals surface area contributed by atoms with E-state index in [4.69, 9.17) is 5.73 Å². The minimum Gasteiger partial charge on any atom is -0.351 e. The number of fused-ring (bicyclic) bond motifs is 1. The van der Waals surface area contributed by atoms with Crippen LogP contribution in [0.4, 0.5) is 16.2 Å². The maximum atomic E-state index is 13.3. The maximum absolute atomic E-state index is 13.3. The zero-order valence-corrected chi connectivity index (χ0v) is 21.9. The third-order valence-electron chi connectivity index (χ3n) is 6.97. The van der Waals surface area contributed by atoms with Crippen molar-refractivity contribution in [2.24, 2.45) is 12.8 Å². The van der Waals surface area contributed by atoms with Crippen LogP contribution in [0.5, 0.6) is 0 Å². The highest BCUT2D eigenvalue weighted by Crippen LogP contribution is 2.29. The van der Waals surface area contributed by atoms with Crippen molar-refractivity contribution in [3.8, 4) is 11.1 Å². The predicted molar refractivity (Wildman–Crippen MR) is 146 cm³/mol. The molecule has 1 fully saturated rings. The molecule has 1 atom stereocenters. The molecule has 0 bridgehead atoms. The van der Waals surface area contributed by atoms with Crippen molar-refractivity contribution in [2.45, 2.75) is 12.5 Å².